The molecule has 0 saturated carbocycles. The fraction of sp³-hybridized carbons (Fsp3) is 0.0909. The summed E-state index contributed by atoms with van der Waals surface area (Å²) in [5.41, 5.74) is 3.63. The quantitative estimate of drug-likeness (QED) is 0.451. The van der Waals surface area contributed by atoms with Crippen LogP contribution in [0.2, 0.25) is 5.02 Å². The molecule has 0 amide bonds. The van der Waals surface area contributed by atoms with Crippen molar-refractivity contribution in [3.63, 3.8) is 0 Å². The minimum atomic E-state index is -0.167. The first-order valence-corrected chi connectivity index (χ1v) is 8.47. The van der Waals surface area contributed by atoms with Gasteiger partial charge >= 0.3 is 0 Å². The number of hydrogen-bond acceptors (Lipinski definition) is 3. The van der Waals surface area contributed by atoms with E-state index in [1.54, 1.807) is 49.6 Å². The molecule has 0 radical (unpaired) electrons. The number of methoxy groups -OCH3 is 1. The SMILES string of the molecule is COc1cccc(C(=O)c2cc(Cl)ccc2-c2ccccc2C=O)c1C. The van der Waals surface area contributed by atoms with Crippen LogP contribution >= 0.6 is 11.6 Å². The maximum absolute atomic E-state index is 13.3. The summed E-state index contributed by atoms with van der Waals surface area (Å²) in [6, 6.07) is 17.6. The Morgan fingerprint density at radius 2 is 1.73 bits per heavy atom. The molecule has 0 saturated heterocycles. The molecule has 4 heteroatoms. The van der Waals surface area contributed by atoms with Crippen molar-refractivity contribution >= 4 is 23.7 Å². The molecule has 3 nitrogen and oxygen atoms in total. The zero-order valence-corrected chi connectivity index (χ0v) is 15.2. The molecule has 3 aromatic rings. The number of carbonyl (C=O) groups excluding carboxylic acids is 2. The van der Waals surface area contributed by atoms with Crippen LogP contribution in [0.5, 0.6) is 5.75 Å². The topological polar surface area (TPSA) is 43.4 Å². The van der Waals surface area contributed by atoms with Crippen LogP contribution in [0.4, 0.5) is 0 Å². The van der Waals surface area contributed by atoms with Crippen LogP contribution in [0.3, 0.4) is 0 Å². The number of halogens is 1. The van der Waals surface area contributed by atoms with E-state index in [0.717, 1.165) is 11.8 Å². The van der Waals surface area contributed by atoms with Crippen molar-refractivity contribution in [1.29, 1.82) is 0 Å². The number of benzene rings is 3. The maximum atomic E-state index is 13.3. The van der Waals surface area contributed by atoms with E-state index in [-0.39, 0.29) is 5.78 Å². The van der Waals surface area contributed by atoms with Crippen molar-refractivity contribution in [2.75, 3.05) is 7.11 Å². The third-order valence-electron chi connectivity index (χ3n) is 4.35. The molecule has 130 valence electrons. The van der Waals surface area contributed by atoms with Gasteiger partial charge in [0.25, 0.3) is 0 Å². The number of rotatable bonds is 5. The van der Waals surface area contributed by atoms with Crippen molar-refractivity contribution in [3.8, 4) is 16.9 Å². The summed E-state index contributed by atoms with van der Waals surface area (Å²) < 4.78 is 5.32. The van der Waals surface area contributed by atoms with E-state index in [4.69, 9.17) is 16.3 Å². The first-order chi connectivity index (χ1) is 12.6. The minimum absolute atomic E-state index is 0.167. The Kier molecular flexibility index (Phi) is 5.19. The number of ether oxygens (including phenoxy) is 1. The third-order valence-corrected chi connectivity index (χ3v) is 4.59. The summed E-state index contributed by atoms with van der Waals surface area (Å²) in [5, 5.41) is 0.459. The van der Waals surface area contributed by atoms with E-state index < -0.39 is 0 Å². The van der Waals surface area contributed by atoms with E-state index in [1.165, 1.54) is 0 Å². The van der Waals surface area contributed by atoms with Crippen LogP contribution in [-0.2, 0) is 0 Å². The third kappa shape index (κ3) is 3.26. The van der Waals surface area contributed by atoms with Gasteiger partial charge in [0.2, 0.25) is 0 Å². The van der Waals surface area contributed by atoms with Crippen LogP contribution in [0.25, 0.3) is 11.1 Å². The van der Waals surface area contributed by atoms with Gasteiger partial charge in [0, 0.05) is 27.3 Å². The number of carbonyl (C=O) groups is 2. The van der Waals surface area contributed by atoms with Gasteiger partial charge in [-0.2, -0.15) is 0 Å². The van der Waals surface area contributed by atoms with E-state index in [2.05, 4.69) is 0 Å². The normalized spacial score (nSPS) is 10.4. The van der Waals surface area contributed by atoms with Gasteiger partial charge in [-0.15, -0.1) is 0 Å². The molecule has 3 aromatic carbocycles. The molecule has 0 aliphatic carbocycles. The van der Waals surface area contributed by atoms with E-state index in [1.807, 2.05) is 25.1 Å². The zero-order valence-electron chi connectivity index (χ0n) is 14.5. The lowest BCUT2D eigenvalue weighted by atomic mass is 9.90. The van der Waals surface area contributed by atoms with E-state index in [9.17, 15) is 9.59 Å². The molecule has 0 heterocycles. The van der Waals surface area contributed by atoms with Crippen molar-refractivity contribution in [2.45, 2.75) is 6.92 Å². The highest BCUT2D eigenvalue weighted by molar-refractivity contribution is 6.31. The molecule has 0 unspecified atom stereocenters. The standard InChI is InChI=1S/C22H17ClO3/c1-14-17(8-5-9-21(14)26-2)22(25)20-12-16(23)10-11-19(20)18-7-4-3-6-15(18)13-24/h3-13H,1-2H3. The summed E-state index contributed by atoms with van der Waals surface area (Å²) in [6.45, 7) is 1.84. The minimum Gasteiger partial charge on any atom is -0.496 e. The van der Waals surface area contributed by atoms with Crippen LogP contribution in [0.15, 0.2) is 60.7 Å². The number of hydrogen-bond donors (Lipinski definition) is 0. The first kappa shape index (κ1) is 17.9. The van der Waals surface area contributed by atoms with E-state index >= 15 is 0 Å². The molecule has 0 aromatic heterocycles. The lowest BCUT2D eigenvalue weighted by molar-refractivity contribution is 0.103. The highest BCUT2D eigenvalue weighted by atomic mass is 35.5. The number of aldehydes is 1. The number of ketones is 1. The van der Waals surface area contributed by atoms with Crippen molar-refractivity contribution < 1.29 is 14.3 Å². The van der Waals surface area contributed by atoms with Crippen LogP contribution in [-0.4, -0.2) is 19.2 Å². The zero-order chi connectivity index (χ0) is 18.7. The van der Waals surface area contributed by atoms with Crippen molar-refractivity contribution in [3.05, 3.63) is 87.9 Å². The highest BCUT2D eigenvalue weighted by Crippen LogP contribution is 2.32. The molecule has 0 bridgehead atoms. The Labute approximate surface area is 157 Å². The summed E-state index contributed by atoms with van der Waals surface area (Å²) in [4.78, 5) is 24.7. The molecule has 0 aliphatic heterocycles. The smallest absolute Gasteiger partial charge is 0.194 e. The fourth-order valence-electron chi connectivity index (χ4n) is 3.01. The molecular weight excluding hydrogens is 348 g/mol. The van der Waals surface area contributed by atoms with Gasteiger partial charge < -0.3 is 4.74 Å². The molecule has 0 N–H and O–H groups in total. The lowest BCUT2D eigenvalue weighted by Gasteiger charge is -2.14. The van der Waals surface area contributed by atoms with Gasteiger partial charge in [-0.1, -0.05) is 54.1 Å². The predicted octanol–water partition coefficient (Wildman–Crippen LogP) is 5.37. The molecule has 0 aliphatic rings. The van der Waals surface area contributed by atoms with E-state index in [0.29, 0.717) is 38.6 Å². The van der Waals surface area contributed by atoms with Crippen LogP contribution in [0.1, 0.15) is 31.8 Å². The summed E-state index contributed by atoms with van der Waals surface area (Å²) in [6.07, 6.45) is 0.787. The van der Waals surface area contributed by atoms with Gasteiger partial charge in [-0.25, -0.2) is 0 Å². The average molecular weight is 365 g/mol. The molecule has 0 fully saturated rings. The second kappa shape index (κ2) is 7.54. The Morgan fingerprint density at radius 3 is 2.46 bits per heavy atom. The van der Waals surface area contributed by atoms with Crippen LogP contribution < -0.4 is 4.74 Å². The fourth-order valence-corrected chi connectivity index (χ4v) is 3.18. The van der Waals surface area contributed by atoms with Crippen molar-refractivity contribution in [1.82, 2.24) is 0 Å². The Bertz CT molecular complexity index is 992. The molecule has 26 heavy (non-hydrogen) atoms. The molecule has 3 rings (SSSR count). The second-order valence-electron chi connectivity index (χ2n) is 5.86. The van der Waals surface area contributed by atoms with Gasteiger partial charge in [0.05, 0.1) is 7.11 Å². The molecule has 0 spiro atoms. The Balaban J connectivity index is 2.21. The van der Waals surface area contributed by atoms with Gasteiger partial charge in [0.15, 0.2) is 12.1 Å². The summed E-state index contributed by atoms with van der Waals surface area (Å²) >= 11 is 6.16. The average Bonchev–Trinajstić information content (AvgIpc) is 2.67. The lowest BCUT2D eigenvalue weighted by Crippen LogP contribution is -2.07. The molecular formula is C22H17ClO3. The maximum Gasteiger partial charge on any atom is 0.194 e. The summed E-state index contributed by atoms with van der Waals surface area (Å²) in [5.74, 6) is 0.479. The summed E-state index contributed by atoms with van der Waals surface area (Å²) in [7, 11) is 1.57. The monoisotopic (exact) mass is 364 g/mol. The van der Waals surface area contributed by atoms with Gasteiger partial charge in [0.1, 0.15) is 5.75 Å². The highest BCUT2D eigenvalue weighted by Gasteiger charge is 2.20. The van der Waals surface area contributed by atoms with Crippen LogP contribution in [0, 0.1) is 6.92 Å². The van der Waals surface area contributed by atoms with Gasteiger partial charge in [-0.05, 0) is 36.2 Å². The van der Waals surface area contributed by atoms with Crippen molar-refractivity contribution in [2.24, 2.45) is 0 Å². The predicted molar refractivity (Wildman–Crippen MR) is 103 cm³/mol. The second-order valence-corrected chi connectivity index (χ2v) is 6.29. The Hall–Kier alpha value is -2.91. The van der Waals surface area contributed by atoms with Gasteiger partial charge in [-0.3, -0.25) is 9.59 Å². The largest absolute Gasteiger partial charge is 0.496 e. The Morgan fingerprint density at radius 1 is 0.962 bits per heavy atom. The molecule has 0 atom stereocenters. The first-order valence-electron chi connectivity index (χ1n) is 8.09.